The molecule has 4 rings (SSSR count). The number of anilines is 1. The summed E-state index contributed by atoms with van der Waals surface area (Å²) in [4.78, 5) is 16.8. The minimum atomic E-state index is -4.88. The molecule has 154 valence electrons. The van der Waals surface area contributed by atoms with E-state index >= 15 is 0 Å². The van der Waals surface area contributed by atoms with Crippen LogP contribution in [0.1, 0.15) is 16.1 Å². The second-order valence-corrected chi connectivity index (χ2v) is 7.30. The van der Waals surface area contributed by atoms with Crippen LogP contribution >= 0.6 is 22.9 Å². The van der Waals surface area contributed by atoms with E-state index in [1.165, 1.54) is 19.2 Å². The molecular formula is C17H10ClF3N6O2S. The molecule has 0 unspecified atom stereocenters. The molecular weight excluding hydrogens is 445 g/mol. The average molecular weight is 455 g/mol. The van der Waals surface area contributed by atoms with E-state index in [0.717, 1.165) is 17.5 Å². The third-order valence-electron chi connectivity index (χ3n) is 3.91. The zero-order valence-corrected chi connectivity index (χ0v) is 16.5. The monoisotopic (exact) mass is 454 g/mol. The Morgan fingerprint density at radius 2 is 2.03 bits per heavy atom. The molecule has 1 amide bonds. The van der Waals surface area contributed by atoms with E-state index < -0.39 is 23.3 Å². The molecule has 0 bridgehead atoms. The Bertz CT molecular complexity index is 1240. The Morgan fingerprint density at radius 1 is 1.23 bits per heavy atom. The highest BCUT2D eigenvalue weighted by atomic mass is 35.5. The van der Waals surface area contributed by atoms with Crippen molar-refractivity contribution in [2.75, 3.05) is 12.4 Å². The van der Waals surface area contributed by atoms with Crippen molar-refractivity contribution < 1.29 is 22.7 Å². The van der Waals surface area contributed by atoms with Crippen molar-refractivity contribution in [3.8, 4) is 11.7 Å². The number of hydrogen-bond donors (Lipinski definition) is 1. The third kappa shape index (κ3) is 3.78. The first-order valence-corrected chi connectivity index (χ1v) is 9.36. The van der Waals surface area contributed by atoms with Crippen molar-refractivity contribution in [2.24, 2.45) is 0 Å². The summed E-state index contributed by atoms with van der Waals surface area (Å²) in [6.45, 7) is 0. The second kappa shape index (κ2) is 7.54. The number of aromatic nitrogens is 5. The molecule has 4 aromatic rings. The summed E-state index contributed by atoms with van der Waals surface area (Å²) in [7, 11) is 1.34. The molecule has 8 nitrogen and oxygen atoms in total. The van der Waals surface area contributed by atoms with Gasteiger partial charge in [-0.3, -0.25) is 10.1 Å². The quantitative estimate of drug-likeness (QED) is 0.496. The normalized spacial score (nSPS) is 11.6. The Labute approximate surface area is 175 Å². The highest BCUT2D eigenvalue weighted by Crippen LogP contribution is 2.34. The number of hydrogen-bond acceptors (Lipinski definition) is 7. The Balaban J connectivity index is 1.70. The number of alkyl halides is 3. The maximum absolute atomic E-state index is 13.7. The molecule has 0 spiro atoms. The lowest BCUT2D eigenvalue weighted by molar-refractivity contribution is -0.143. The van der Waals surface area contributed by atoms with Crippen LogP contribution < -0.4 is 10.1 Å². The van der Waals surface area contributed by atoms with Crippen LogP contribution in [-0.2, 0) is 6.18 Å². The lowest BCUT2D eigenvalue weighted by Crippen LogP contribution is -2.21. The van der Waals surface area contributed by atoms with Crippen LogP contribution in [0.4, 0.5) is 18.3 Å². The number of ether oxygens (including phenoxy) is 1. The van der Waals surface area contributed by atoms with E-state index in [9.17, 15) is 18.0 Å². The largest absolute Gasteiger partial charge is 0.480 e. The zero-order chi connectivity index (χ0) is 21.5. The van der Waals surface area contributed by atoms with Crippen molar-refractivity contribution in [3.63, 3.8) is 0 Å². The molecule has 0 atom stereocenters. The number of nitrogens with one attached hydrogen (secondary N) is 1. The molecule has 0 radical (unpaired) electrons. The minimum Gasteiger partial charge on any atom is -0.480 e. The van der Waals surface area contributed by atoms with Gasteiger partial charge in [-0.05, 0) is 24.3 Å². The number of carbonyl (C=O) groups is 1. The van der Waals surface area contributed by atoms with Gasteiger partial charge in [0.25, 0.3) is 5.91 Å². The molecule has 0 aliphatic carbocycles. The van der Waals surface area contributed by atoms with Gasteiger partial charge in [0.05, 0.1) is 29.1 Å². The van der Waals surface area contributed by atoms with E-state index in [0.29, 0.717) is 19.9 Å². The molecule has 1 aromatic carbocycles. The fourth-order valence-corrected chi connectivity index (χ4v) is 3.75. The molecule has 1 N–H and O–H groups in total. The number of benzene rings is 1. The average Bonchev–Trinajstić information content (AvgIpc) is 3.31. The Hall–Kier alpha value is -3.25. The first-order valence-electron chi connectivity index (χ1n) is 8.17. The molecule has 0 aliphatic rings. The van der Waals surface area contributed by atoms with Crippen molar-refractivity contribution >= 4 is 44.2 Å². The summed E-state index contributed by atoms with van der Waals surface area (Å²) in [5.41, 5.74) is -1.42. The van der Waals surface area contributed by atoms with Crippen LogP contribution in [0.3, 0.4) is 0 Å². The molecule has 0 aliphatic heterocycles. The summed E-state index contributed by atoms with van der Waals surface area (Å²) in [6, 6.07) is 7.48. The summed E-state index contributed by atoms with van der Waals surface area (Å²) in [6.07, 6.45) is -4.07. The van der Waals surface area contributed by atoms with Crippen LogP contribution in [0.25, 0.3) is 16.0 Å². The van der Waals surface area contributed by atoms with Crippen molar-refractivity contribution in [3.05, 3.63) is 52.8 Å². The lowest BCUT2D eigenvalue weighted by Gasteiger charge is -2.11. The second-order valence-electron chi connectivity index (χ2n) is 5.84. The molecule has 0 saturated carbocycles. The topological polar surface area (TPSA) is 94.8 Å². The maximum Gasteiger partial charge on any atom is 0.434 e. The van der Waals surface area contributed by atoms with E-state index in [1.807, 2.05) is 0 Å². The van der Waals surface area contributed by atoms with Crippen LogP contribution in [0, 0.1) is 0 Å². The zero-order valence-electron chi connectivity index (χ0n) is 14.9. The van der Waals surface area contributed by atoms with E-state index in [4.69, 9.17) is 16.3 Å². The standard InChI is InChI=1S/C17H10ClF3N6O2S/c1-29-13-5-4-12(25-26-13)27-14(17(19,20)21)9(7-22-27)15(28)24-16-23-10-3-2-8(18)6-11(10)30-16/h2-7H,1H3,(H,23,24,28). The smallest absolute Gasteiger partial charge is 0.434 e. The molecule has 0 saturated heterocycles. The van der Waals surface area contributed by atoms with Gasteiger partial charge < -0.3 is 4.74 Å². The van der Waals surface area contributed by atoms with Gasteiger partial charge in [0, 0.05) is 11.1 Å². The number of nitrogens with zero attached hydrogens (tertiary/aromatic N) is 5. The van der Waals surface area contributed by atoms with E-state index in [1.54, 1.807) is 18.2 Å². The Kier molecular flexibility index (Phi) is 5.03. The van der Waals surface area contributed by atoms with Crippen LogP contribution in [-0.4, -0.2) is 38.0 Å². The van der Waals surface area contributed by atoms with Gasteiger partial charge in [0.15, 0.2) is 16.6 Å². The SMILES string of the molecule is COc1ccc(-n2ncc(C(=O)Nc3nc4ccc(Cl)cc4s3)c2C(F)(F)F)nn1. The van der Waals surface area contributed by atoms with Gasteiger partial charge in [-0.2, -0.15) is 18.3 Å². The number of methoxy groups -OCH3 is 1. The fourth-order valence-electron chi connectivity index (χ4n) is 2.61. The number of amides is 1. The molecule has 0 fully saturated rings. The summed E-state index contributed by atoms with van der Waals surface area (Å²) < 4.78 is 47.2. The van der Waals surface area contributed by atoms with Crippen molar-refractivity contribution in [2.45, 2.75) is 6.18 Å². The predicted molar refractivity (Wildman–Crippen MR) is 103 cm³/mol. The molecule has 3 heterocycles. The van der Waals surface area contributed by atoms with Crippen molar-refractivity contribution in [1.29, 1.82) is 0 Å². The summed E-state index contributed by atoms with van der Waals surface area (Å²) >= 11 is 7.00. The van der Waals surface area contributed by atoms with Crippen LogP contribution in [0.2, 0.25) is 5.02 Å². The van der Waals surface area contributed by atoms with Crippen LogP contribution in [0.15, 0.2) is 36.5 Å². The number of thiazole rings is 1. The highest BCUT2D eigenvalue weighted by Gasteiger charge is 2.41. The van der Waals surface area contributed by atoms with Gasteiger partial charge in [-0.25, -0.2) is 9.67 Å². The summed E-state index contributed by atoms with van der Waals surface area (Å²) in [5, 5.41) is 14.0. The van der Waals surface area contributed by atoms with Gasteiger partial charge in [-0.15, -0.1) is 10.2 Å². The Morgan fingerprint density at radius 3 is 2.70 bits per heavy atom. The molecule has 30 heavy (non-hydrogen) atoms. The van der Waals surface area contributed by atoms with Crippen LogP contribution in [0.5, 0.6) is 5.88 Å². The fraction of sp³-hybridized carbons (Fsp3) is 0.118. The lowest BCUT2D eigenvalue weighted by atomic mass is 10.2. The number of halogens is 4. The molecule has 3 aromatic heterocycles. The van der Waals surface area contributed by atoms with E-state index in [2.05, 4.69) is 25.6 Å². The first-order chi connectivity index (χ1) is 14.3. The molecule has 13 heteroatoms. The van der Waals surface area contributed by atoms with Crippen molar-refractivity contribution in [1.82, 2.24) is 25.0 Å². The maximum atomic E-state index is 13.7. The van der Waals surface area contributed by atoms with Gasteiger partial charge in [0.2, 0.25) is 5.88 Å². The highest BCUT2D eigenvalue weighted by molar-refractivity contribution is 7.22. The number of fused-ring (bicyclic) bond motifs is 1. The number of carbonyl (C=O) groups excluding carboxylic acids is 1. The van der Waals surface area contributed by atoms with Gasteiger partial charge in [-0.1, -0.05) is 22.9 Å². The predicted octanol–water partition coefficient (Wildman–Crippen LogP) is 4.21. The number of rotatable bonds is 4. The van der Waals surface area contributed by atoms with Gasteiger partial charge in [0.1, 0.15) is 0 Å². The minimum absolute atomic E-state index is 0.119. The van der Waals surface area contributed by atoms with Gasteiger partial charge >= 0.3 is 6.18 Å². The first kappa shape index (κ1) is 20.0. The third-order valence-corrected chi connectivity index (χ3v) is 5.07. The summed E-state index contributed by atoms with van der Waals surface area (Å²) in [5.74, 6) is -1.12. The van der Waals surface area contributed by atoms with E-state index in [-0.39, 0.29) is 16.8 Å².